The molecule has 0 aliphatic rings. The summed E-state index contributed by atoms with van der Waals surface area (Å²) in [6, 6.07) is 19.7. The number of nitrogens with zero attached hydrogens (tertiary/aromatic N) is 1. The maximum atomic E-state index is 13.8. The van der Waals surface area contributed by atoms with Gasteiger partial charge < -0.3 is 57.1 Å². The van der Waals surface area contributed by atoms with Crippen LogP contribution in [-0.2, 0) is 44.8 Å². The molecule has 1 unspecified atom stereocenters. The number of carbonyl (C=O) groups is 8. The number of likely N-dealkylation sites (N-methyl/N-ethyl adjacent to an activating group) is 1. The molecule has 0 bridgehead atoms. The van der Waals surface area contributed by atoms with Crippen LogP contribution in [0.2, 0.25) is 0 Å². The first-order valence-electron chi connectivity index (χ1n) is 23.8. The van der Waals surface area contributed by atoms with Gasteiger partial charge in [0.25, 0.3) is 0 Å². The summed E-state index contributed by atoms with van der Waals surface area (Å²) in [4.78, 5) is 104. The largest absolute Gasteiger partial charge is 0.478 e. The van der Waals surface area contributed by atoms with Gasteiger partial charge >= 0.3 is 24.1 Å². The van der Waals surface area contributed by atoms with E-state index < -0.39 is 84.4 Å². The number of carbonyl (C=O) groups excluding carboxylic acids is 7. The Balaban J connectivity index is 1.19. The van der Waals surface area contributed by atoms with E-state index in [-0.39, 0.29) is 68.6 Å². The molecule has 9 N–H and O–H groups in total. The highest BCUT2D eigenvalue weighted by Crippen LogP contribution is 2.36. The summed E-state index contributed by atoms with van der Waals surface area (Å²) in [6.45, 7) is 11.0. The number of benzene rings is 5. The van der Waals surface area contributed by atoms with Crippen molar-refractivity contribution in [1.82, 2.24) is 31.5 Å². The zero-order valence-electron chi connectivity index (χ0n) is 41.3. The van der Waals surface area contributed by atoms with Crippen molar-refractivity contribution in [2.75, 3.05) is 32.1 Å². The predicted molar refractivity (Wildman–Crippen MR) is 269 cm³/mol. The van der Waals surface area contributed by atoms with Crippen LogP contribution < -0.4 is 37.6 Å². The number of aliphatic carboxylic acids is 1. The van der Waals surface area contributed by atoms with Gasteiger partial charge in [0.05, 0.1) is 12.6 Å². The van der Waals surface area contributed by atoms with E-state index in [4.69, 9.17) is 15.2 Å². The lowest BCUT2D eigenvalue weighted by molar-refractivity contribution is -0.148. The van der Waals surface area contributed by atoms with Crippen LogP contribution in [0.15, 0.2) is 78.9 Å². The SMILES string of the molecule is CC(C)COC(=O)CC[C@H](NC(C)C)C(=O)N[C@H](C(=O)N[C@@H](CCCNC(N)=O)C(=O)Nc1ccc(C(OC(=O)N(C)CC(=O)NCc2ccc3ccc4cccc5ccc2c3c45)C(=O)O)cc1)C(C)C. The van der Waals surface area contributed by atoms with Gasteiger partial charge in [-0.2, -0.15) is 0 Å². The first-order valence-corrected chi connectivity index (χ1v) is 23.8. The van der Waals surface area contributed by atoms with E-state index >= 15 is 0 Å². The minimum atomic E-state index is -1.78. The second-order valence-electron chi connectivity index (χ2n) is 18.6. The van der Waals surface area contributed by atoms with E-state index in [1.807, 2.05) is 58.0 Å². The molecule has 5 rings (SSSR count). The predicted octanol–water partition coefficient (Wildman–Crippen LogP) is 5.45. The van der Waals surface area contributed by atoms with E-state index in [2.05, 4.69) is 56.2 Å². The zero-order chi connectivity index (χ0) is 51.9. The van der Waals surface area contributed by atoms with Crippen molar-refractivity contribution < 1.29 is 52.9 Å². The van der Waals surface area contributed by atoms with E-state index in [1.165, 1.54) is 31.3 Å². The van der Waals surface area contributed by atoms with Gasteiger partial charge in [0.1, 0.15) is 18.6 Å². The normalized spacial score (nSPS) is 13.1. The van der Waals surface area contributed by atoms with E-state index in [0.29, 0.717) is 0 Å². The van der Waals surface area contributed by atoms with E-state index in [1.54, 1.807) is 13.8 Å². The number of amides is 7. The molecule has 0 heterocycles. The van der Waals surface area contributed by atoms with Crippen molar-refractivity contribution in [3.8, 4) is 0 Å². The fraction of sp³-hybridized carbons (Fsp3) is 0.423. The molecule has 0 radical (unpaired) electrons. The number of esters is 1. The fourth-order valence-corrected chi connectivity index (χ4v) is 8.03. The van der Waals surface area contributed by atoms with Crippen LogP contribution in [0, 0.1) is 11.8 Å². The Morgan fingerprint density at radius 3 is 1.99 bits per heavy atom. The average molecular weight is 979 g/mol. The van der Waals surface area contributed by atoms with Crippen LogP contribution in [0.3, 0.4) is 0 Å². The summed E-state index contributed by atoms with van der Waals surface area (Å²) in [5, 5.41) is 33.2. The number of rotatable bonds is 25. The molecule has 0 aromatic heterocycles. The van der Waals surface area contributed by atoms with Crippen molar-refractivity contribution in [3.05, 3.63) is 90.0 Å². The van der Waals surface area contributed by atoms with Crippen molar-refractivity contribution in [2.45, 2.75) is 104 Å². The van der Waals surface area contributed by atoms with Gasteiger partial charge in [-0.15, -0.1) is 0 Å². The van der Waals surface area contributed by atoms with Gasteiger partial charge in [-0.05, 0) is 81.1 Å². The Morgan fingerprint density at radius 2 is 1.37 bits per heavy atom. The summed E-state index contributed by atoms with van der Waals surface area (Å²) in [6.07, 6.45) is -2.51. The fourth-order valence-electron chi connectivity index (χ4n) is 8.03. The molecule has 0 fully saturated rings. The maximum absolute atomic E-state index is 13.8. The van der Waals surface area contributed by atoms with Gasteiger partial charge in [-0.1, -0.05) is 108 Å². The summed E-state index contributed by atoms with van der Waals surface area (Å²) in [5.41, 5.74) is 6.35. The number of hydrogen-bond acceptors (Lipinski definition) is 11. The molecule has 4 atom stereocenters. The van der Waals surface area contributed by atoms with Crippen LogP contribution >= 0.6 is 0 Å². The molecule has 7 amide bonds. The number of hydrogen-bond donors (Lipinski definition) is 8. The Labute approximate surface area is 412 Å². The highest BCUT2D eigenvalue weighted by molar-refractivity contribution is 6.23. The van der Waals surface area contributed by atoms with Crippen LogP contribution in [-0.4, -0.2) is 109 Å². The van der Waals surface area contributed by atoms with Crippen molar-refractivity contribution in [1.29, 1.82) is 0 Å². The van der Waals surface area contributed by atoms with Gasteiger partial charge in [0.15, 0.2) is 0 Å². The second kappa shape index (κ2) is 25.4. The van der Waals surface area contributed by atoms with Crippen molar-refractivity contribution in [2.24, 2.45) is 17.6 Å². The van der Waals surface area contributed by atoms with Gasteiger partial charge in [0.2, 0.25) is 29.7 Å². The highest BCUT2D eigenvalue weighted by atomic mass is 16.6. The quantitative estimate of drug-likeness (QED) is 0.0206. The summed E-state index contributed by atoms with van der Waals surface area (Å²) < 4.78 is 10.6. The standard InChI is InChI=1S/C52H66N8O11/c1-29(2)28-70-42(62)24-23-40(56-31(5)6)48(64)59-45(30(3)4)49(65)58-39(12-9-25-54-51(53)68)47(63)57-37-20-17-35(18-21-37)46(50(66)67)71-52(69)60(7)27-41(61)55-26-36-16-15-34-14-13-32-10-8-11-33-19-22-38(36)44(34)43(32)33/h8,10-11,13-22,29-31,39-40,45-46,56H,9,12,23-28H2,1-7H3,(H,55,61)(H,57,63)(H,58,65)(H,59,64)(H,66,67)(H3,53,54,68)/t39-,40-,45-,46?/m0/s1. The van der Waals surface area contributed by atoms with Crippen LogP contribution in [0.5, 0.6) is 0 Å². The lowest BCUT2D eigenvalue weighted by Gasteiger charge is -2.28. The number of carboxylic acid groups (broad SMARTS) is 1. The van der Waals surface area contributed by atoms with Crippen LogP contribution in [0.1, 0.15) is 84.5 Å². The molecular weight excluding hydrogens is 913 g/mol. The molecule has 0 saturated carbocycles. The third kappa shape index (κ3) is 15.5. The molecule has 5 aromatic rings. The first-order chi connectivity index (χ1) is 33.7. The van der Waals surface area contributed by atoms with Crippen LogP contribution in [0.4, 0.5) is 15.3 Å². The van der Waals surface area contributed by atoms with Gasteiger partial charge in [0, 0.05) is 43.9 Å². The molecule has 5 aromatic carbocycles. The first kappa shape index (κ1) is 54.4. The van der Waals surface area contributed by atoms with Gasteiger partial charge in [-0.3, -0.25) is 24.0 Å². The Hall–Kier alpha value is -7.54. The molecule has 71 heavy (non-hydrogen) atoms. The average Bonchev–Trinajstić information content (AvgIpc) is 3.32. The summed E-state index contributed by atoms with van der Waals surface area (Å²) >= 11 is 0. The molecule has 19 heteroatoms. The topological polar surface area (TPSA) is 277 Å². The summed E-state index contributed by atoms with van der Waals surface area (Å²) in [7, 11) is 1.31. The number of nitrogens with one attached hydrogen (secondary N) is 6. The zero-order valence-corrected chi connectivity index (χ0v) is 41.3. The van der Waals surface area contributed by atoms with Gasteiger partial charge in [-0.25, -0.2) is 14.4 Å². The lowest BCUT2D eigenvalue weighted by atomic mass is 9.92. The number of carboxylic acids is 1. The Kier molecular flexibility index (Phi) is 19.4. The van der Waals surface area contributed by atoms with Crippen molar-refractivity contribution >= 4 is 85.7 Å². The minimum absolute atomic E-state index is 0.0303. The Morgan fingerprint density at radius 1 is 0.718 bits per heavy atom. The smallest absolute Gasteiger partial charge is 0.411 e. The molecular formula is C52H66N8O11. The summed E-state index contributed by atoms with van der Waals surface area (Å²) in [5.74, 6) is -4.58. The number of urea groups is 1. The third-order valence-corrected chi connectivity index (χ3v) is 11.6. The van der Waals surface area contributed by atoms with E-state index in [0.717, 1.165) is 42.8 Å². The van der Waals surface area contributed by atoms with Crippen LogP contribution in [0.25, 0.3) is 32.3 Å². The molecule has 0 spiro atoms. The number of nitrogens with two attached hydrogens (primary N) is 1. The maximum Gasteiger partial charge on any atom is 0.411 e. The molecule has 19 nitrogen and oxygen atoms in total. The third-order valence-electron chi connectivity index (χ3n) is 11.6. The Bertz CT molecular complexity index is 2670. The molecule has 380 valence electrons. The molecule has 0 aliphatic carbocycles. The lowest BCUT2D eigenvalue weighted by Crippen LogP contribution is -2.58. The second-order valence-corrected chi connectivity index (χ2v) is 18.6. The monoisotopic (exact) mass is 978 g/mol. The molecule has 0 saturated heterocycles. The number of ether oxygens (including phenoxy) is 2. The minimum Gasteiger partial charge on any atom is -0.478 e. The highest BCUT2D eigenvalue weighted by Gasteiger charge is 2.32. The number of primary amides is 1. The molecule has 0 aliphatic heterocycles. The van der Waals surface area contributed by atoms with Crippen molar-refractivity contribution in [3.63, 3.8) is 0 Å². The number of anilines is 1. The van der Waals surface area contributed by atoms with E-state index in [9.17, 15) is 43.5 Å².